The largest absolute Gasteiger partial charge is 0.457 e. The van der Waals surface area contributed by atoms with Gasteiger partial charge < -0.3 is 15.8 Å². The van der Waals surface area contributed by atoms with E-state index in [1.165, 1.54) is 18.3 Å². The van der Waals surface area contributed by atoms with Gasteiger partial charge in [-0.2, -0.15) is 13.2 Å². The normalized spacial score (nSPS) is 13.3. The molecule has 0 radical (unpaired) electrons. The Hall–Kier alpha value is -3.74. The number of nitrogens with one attached hydrogen (secondary N) is 1. The van der Waals surface area contributed by atoms with Crippen LogP contribution in [0.5, 0.6) is 11.5 Å². The Kier molecular flexibility index (Phi) is 6.88. The second-order valence-electron chi connectivity index (χ2n) is 7.18. The molecule has 4 nitrogen and oxygen atoms in total. The van der Waals surface area contributed by atoms with Gasteiger partial charge in [0.05, 0.1) is 11.6 Å². The van der Waals surface area contributed by atoms with Crippen LogP contribution in [0.1, 0.15) is 29.8 Å². The lowest BCUT2D eigenvalue weighted by Crippen LogP contribution is -2.33. The molecule has 0 spiro atoms. The van der Waals surface area contributed by atoms with Crippen molar-refractivity contribution in [2.75, 3.05) is 0 Å². The van der Waals surface area contributed by atoms with Crippen LogP contribution in [0.2, 0.25) is 0 Å². The van der Waals surface area contributed by atoms with Crippen LogP contribution in [0.4, 0.5) is 13.2 Å². The molecule has 1 amide bonds. The molecule has 1 unspecified atom stereocenters. The Morgan fingerprint density at radius 1 is 1.09 bits per heavy atom. The molecule has 3 N–H and O–H groups in total. The molecule has 3 rings (SSSR count). The Labute approximate surface area is 184 Å². The second kappa shape index (κ2) is 9.60. The molecule has 0 aliphatic rings. The average Bonchev–Trinajstić information content (AvgIpc) is 2.77. The lowest BCUT2D eigenvalue weighted by Gasteiger charge is -2.15. The first-order valence-electron chi connectivity index (χ1n) is 9.96. The molecule has 0 aromatic heterocycles. The van der Waals surface area contributed by atoms with Crippen molar-refractivity contribution in [3.63, 3.8) is 0 Å². The van der Waals surface area contributed by atoms with E-state index in [0.717, 1.165) is 28.5 Å². The molecule has 0 bridgehead atoms. The minimum absolute atomic E-state index is 0.252. The summed E-state index contributed by atoms with van der Waals surface area (Å²) in [5.74, 6) is 0.507. The zero-order valence-corrected chi connectivity index (χ0v) is 17.6. The molecule has 1 atom stereocenters. The quantitative estimate of drug-likeness (QED) is 0.450. The molecule has 0 aliphatic carbocycles. The van der Waals surface area contributed by atoms with Crippen molar-refractivity contribution in [3.05, 3.63) is 95.7 Å². The van der Waals surface area contributed by atoms with Gasteiger partial charge in [0, 0.05) is 10.9 Å². The van der Waals surface area contributed by atoms with Crippen LogP contribution in [0.25, 0.3) is 10.8 Å². The third-order valence-electron chi connectivity index (χ3n) is 4.91. The van der Waals surface area contributed by atoms with Crippen molar-refractivity contribution in [2.45, 2.75) is 26.1 Å². The number of allylic oxidation sites excluding steroid dienone is 1. The van der Waals surface area contributed by atoms with Crippen LogP contribution in [0.15, 0.2) is 84.6 Å². The summed E-state index contributed by atoms with van der Waals surface area (Å²) in [7, 11) is 0. The highest BCUT2D eigenvalue weighted by atomic mass is 19.4. The van der Waals surface area contributed by atoms with E-state index < -0.39 is 11.7 Å². The summed E-state index contributed by atoms with van der Waals surface area (Å²) in [6, 6.07) is 14.7. The van der Waals surface area contributed by atoms with Gasteiger partial charge in [-0.1, -0.05) is 24.3 Å². The van der Waals surface area contributed by atoms with E-state index in [4.69, 9.17) is 10.5 Å². The van der Waals surface area contributed by atoms with Crippen LogP contribution in [0.3, 0.4) is 0 Å². The minimum atomic E-state index is -4.40. The van der Waals surface area contributed by atoms with Crippen molar-refractivity contribution < 1.29 is 22.7 Å². The zero-order valence-electron chi connectivity index (χ0n) is 17.6. The maximum absolute atomic E-state index is 12.8. The molecule has 0 aliphatic heterocycles. The number of amides is 1. The van der Waals surface area contributed by atoms with Gasteiger partial charge in [0.2, 0.25) is 0 Å². The fraction of sp³-hybridized carbons (Fsp3) is 0.160. The second-order valence-corrected chi connectivity index (χ2v) is 7.18. The zero-order chi connectivity index (χ0) is 23.3. The van der Waals surface area contributed by atoms with Crippen molar-refractivity contribution in [1.82, 2.24) is 5.32 Å². The predicted octanol–water partition coefficient (Wildman–Crippen LogP) is 6.19. The van der Waals surface area contributed by atoms with Crippen molar-refractivity contribution in [2.24, 2.45) is 5.73 Å². The van der Waals surface area contributed by atoms with Crippen molar-refractivity contribution in [1.29, 1.82) is 0 Å². The lowest BCUT2D eigenvalue weighted by molar-refractivity contribution is -0.137. The summed E-state index contributed by atoms with van der Waals surface area (Å²) < 4.78 is 44.1. The van der Waals surface area contributed by atoms with Crippen LogP contribution < -0.4 is 15.8 Å². The predicted molar refractivity (Wildman–Crippen MR) is 119 cm³/mol. The van der Waals surface area contributed by atoms with Gasteiger partial charge in [-0.25, -0.2) is 0 Å². The molecule has 3 aromatic carbocycles. The Balaban J connectivity index is 1.81. The van der Waals surface area contributed by atoms with Crippen LogP contribution >= 0.6 is 0 Å². The fourth-order valence-corrected chi connectivity index (χ4v) is 3.22. The molecule has 166 valence electrons. The summed E-state index contributed by atoms with van der Waals surface area (Å²) in [4.78, 5) is 12.7. The smallest absolute Gasteiger partial charge is 0.416 e. The van der Waals surface area contributed by atoms with Gasteiger partial charge in [-0.3, -0.25) is 4.79 Å². The van der Waals surface area contributed by atoms with E-state index in [1.807, 2.05) is 32.1 Å². The summed E-state index contributed by atoms with van der Waals surface area (Å²) in [6.07, 6.45) is 0.724. The highest BCUT2D eigenvalue weighted by Crippen LogP contribution is 2.33. The van der Waals surface area contributed by atoms with E-state index in [1.54, 1.807) is 30.3 Å². The number of nitrogens with two attached hydrogens (primary N) is 1. The minimum Gasteiger partial charge on any atom is -0.457 e. The standard InChI is InChI=1S/C25H23F3N2O2/c1-3-5-19(15-29)16(2)30-24(31)18-8-13-22-17(14-18)6-4-7-23(22)32-21-11-9-20(10-12-21)25(26,27)28/h3-16H,29H2,1-2H3,(H,30,31)/b5-3-,19-15?. The third-order valence-corrected chi connectivity index (χ3v) is 4.91. The molecule has 0 saturated heterocycles. The molecule has 0 fully saturated rings. The van der Waals surface area contributed by atoms with Crippen molar-refractivity contribution in [3.8, 4) is 11.5 Å². The highest BCUT2D eigenvalue weighted by molar-refractivity contribution is 6.00. The van der Waals surface area contributed by atoms with E-state index in [2.05, 4.69) is 5.32 Å². The van der Waals surface area contributed by atoms with Gasteiger partial charge in [-0.05, 0) is 79.5 Å². The van der Waals surface area contributed by atoms with Crippen LogP contribution in [-0.4, -0.2) is 11.9 Å². The molecular formula is C25H23F3N2O2. The Morgan fingerprint density at radius 3 is 2.44 bits per heavy atom. The van der Waals surface area contributed by atoms with Crippen molar-refractivity contribution >= 4 is 16.7 Å². The lowest BCUT2D eigenvalue weighted by atomic mass is 10.0. The molecule has 32 heavy (non-hydrogen) atoms. The summed E-state index contributed by atoms with van der Waals surface area (Å²) in [6.45, 7) is 3.71. The number of fused-ring (bicyclic) bond motifs is 1. The number of halogens is 3. The Morgan fingerprint density at radius 2 is 1.81 bits per heavy atom. The maximum Gasteiger partial charge on any atom is 0.416 e. The van der Waals surface area contributed by atoms with Crippen LogP contribution in [-0.2, 0) is 6.18 Å². The number of hydrogen-bond donors (Lipinski definition) is 2. The highest BCUT2D eigenvalue weighted by Gasteiger charge is 2.30. The summed E-state index contributed by atoms with van der Waals surface area (Å²) in [5.41, 5.74) is 6.13. The number of alkyl halides is 3. The van der Waals surface area contributed by atoms with Gasteiger partial charge >= 0.3 is 6.18 Å². The number of ether oxygens (including phenoxy) is 1. The first-order chi connectivity index (χ1) is 15.2. The van der Waals surface area contributed by atoms with Crippen LogP contribution in [0, 0.1) is 0 Å². The Bertz CT molecular complexity index is 1170. The number of benzene rings is 3. The molecule has 3 aromatic rings. The summed E-state index contributed by atoms with van der Waals surface area (Å²) >= 11 is 0. The van der Waals surface area contributed by atoms with E-state index in [-0.39, 0.29) is 17.7 Å². The van der Waals surface area contributed by atoms with E-state index >= 15 is 0 Å². The maximum atomic E-state index is 12.8. The third kappa shape index (κ3) is 5.29. The molecule has 0 heterocycles. The van der Waals surface area contributed by atoms with Gasteiger partial charge in [0.1, 0.15) is 11.5 Å². The first-order valence-corrected chi connectivity index (χ1v) is 9.96. The monoisotopic (exact) mass is 440 g/mol. The SMILES string of the molecule is C/C=C\C(=CN)C(C)NC(=O)c1ccc2c(Oc3ccc(C(F)(F)F)cc3)cccc2c1. The molecule has 7 heteroatoms. The first kappa shape index (κ1) is 22.9. The number of carbonyl (C=O) groups excluding carboxylic acids is 1. The number of hydrogen-bond acceptors (Lipinski definition) is 3. The van der Waals surface area contributed by atoms with Gasteiger partial charge in [0.25, 0.3) is 5.91 Å². The fourth-order valence-electron chi connectivity index (χ4n) is 3.22. The molecule has 0 saturated carbocycles. The van der Waals surface area contributed by atoms with Gasteiger partial charge in [0.15, 0.2) is 0 Å². The number of carbonyl (C=O) groups is 1. The molecular weight excluding hydrogens is 417 g/mol. The van der Waals surface area contributed by atoms with E-state index in [0.29, 0.717) is 11.3 Å². The number of rotatable bonds is 6. The summed E-state index contributed by atoms with van der Waals surface area (Å²) in [5, 5.41) is 4.40. The topological polar surface area (TPSA) is 64.3 Å². The van der Waals surface area contributed by atoms with E-state index in [9.17, 15) is 18.0 Å². The van der Waals surface area contributed by atoms with Gasteiger partial charge in [-0.15, -0.1) is 0 Å². The average molecular weight is 440 g/mol.